The quantitative estimate of drug-likeness (QED) is 0.352. The van der Waals surface area contributed by atoms with Crippen LogP contribution in [0.5, 0.6) is 0 Å². The second-order valence-electron chi connectivity index (χ2n) is 0.408. The third-order valence-corrected chi connectivity index (χ3v) is 0. The van der Waals surface area contributed by atoms with Crippen LogP contribution in [-0.2, 0) is 41.4 Å². The van der Waals surface area contributed by atoms with Crippen molar-refractivity contribution in [2.24, 2.45) is 0 Å². The molecule has 0 saturated heterocycles. The van der Waals surface area contributed by atoms with Gasteiger partial charge in [-0.2, -0.15) is 0 Å². The Hall–Kier alpha value is 0.844. The average Bonchev–Trinajstić information content (AvgIpc) is 2.09. The summed E-state index contributed by atoms with van der Waals surface area (Å²) in [6.07, 6.45) is 0. The maximum Gasteiger partial charge on any atom is 0.324 e. The Kier molecular flexibility index (Phi) is 314. The van der Waals surface area contributed by atoms with Crippen LogP contribution >= 0.6 is 43.4 Å². The minimum Gasteiger partial charge on any atom is -0.412 e. The van der Waals surface area contributed by atoms with Crippen LogP contribution in [0.4, 0.5) is 0 Å². The summed E-state index contributed by atoms with van der Waals surface area (Å²) in [5.41, 5.74) is 0. The van der Waals surface area contributed by atoms with Crippen molar-refractivity contribution in [1.29, 1.82) is 0 Å². The van der Waals surface area contributed by atoms with E-state index in [4.69, 9.17) is 47.3 Å². The van der Waals surface area contributed by atoms with Gasteiger partial charge in [-0.25, -0.2) is 22.8 Å². The molecule has 7 N–H and O–H groups in total. The van der Waals surface area contributed by atoms with Crippen LogP contribution in [0.25, 0.3) is 0 Å². The van der Waals surface area contributed by atoms with Crippen LogP contribution in [0.1, 0.15) is 0 Å². The second-order valence-corrected chi connectivity index (χ2v) is 1.22. The van der Waals surface area contributed by atoms with Gasteiger partial charge < -0.3 is 29.9 Å². The van der Waals surface area contributed by atoms with Gasteiger partial charge in [0.25, 0.3) is 0 Å². The molecular formula is H7O11P5V. The topological polar surface area (TPSA) is 218 Å². The van der Waals surface area contributed by atoms with Crippen LogP contribution in [-0.4, -0.2) is 29.9 Å². The van der Waals surface area contributed by atoms with Gasteiger partial charge >= 0.3 is 43.4 Å². The first-order valence-electron chi connectivity index (χ1n) is 1.91. The second kappa shape index (κ2) is 124. The number of hydrogen-bond acceptors (Lipinski definition) is 5. The van der Waals surface area contributed by atoms with Gasteiger partial charge in [0.05, 0.1) is 0 Å². The molecule has 0 atom stereocenters. The molecule has 0 rings (SSSR count). The first-order valence-corrected chi connectivity index (χ1v) is 5.74. The standard InChI is InChI=1S/5HO2P.H2O.V/c5*1-3-2;;/h5*(H,1,2);1H2;. The Morgan fingerprint density at radius 2 is 0.471 bits per heavy atom. The molecule has 0 fully saturated rings. The fourth-order valence-electron chi connectivity index (χ4n) is 0. The smallest absolute Gasteiger partial charge is 0.324 e. The van der Waals surface area contributed by atoms with Crippen molar-refractivity contribution in [3.8, 4) is 0 Å². The molecule has 0 aliphatic heterocycles. The predicted molar refractivity (Wildman–Crippen MR) is 52.7 cm³/mol. The molecule has 0 aliphatic rings. The van der Waals surface area contributed by atoms with E-state index in [1.54, 1.807) is 0 Å². The summed E-state index contributed by atoms with van der Waals surface area (Å²) in [5.74, 6) is 0. The van der Waals surface area contributed by atoms with Gasteiger partial charge in [-0.05, 0) is 0 Å². The Balaban J connectivity index is -0.0000000143. The van der Waals surface area contributed by atoms with E-state index in [1.807, 2.05) is 0 Å². The molecule has 11 nitrogen and oxygen atoms in total. The van der Waals surface area contributed by atoms with Crippen molar-refractivity contribution >= 4 is 43.4 Å². The van der Waals surface area contributed by atoms with E-state index < -0.39 is 43.4 Å². The molecule has 0 aromatic carbocycles. The van der Waals surface area contributed by atoms with Crippen LogP contribution in [0, 0.1) is 0 Å². The number of hydrogen-bond donors (Lipinski definition) is 5. The van der Waals surface area contributed by atoms with Crippen LogP contribution < -0.4 is 0 Å². The Morgan fingerprint density at radius 1 is 0.471 bits per heavy atom. The van der Waals surface area contributed by atoms with E-state index >= 15 is 0 Å². The van der Waals surface area contributed by atoms with Crippen molar-refractivity contribution in [3.63, 3.8) is 0 Å². The molecule has 0 saturated carbocycles. The van der Waals surface area contributed by atoms with Crippen molar-refractivity contribution in [1.82, 2.24) is 0 Å². The maximum atomic E-state index is 8.46. The van der Waals surface area contributed by atoms with E-state index in [9.17, 15) is 0 Å². The average molecular weight is 389 g/mol. The zero-order valence-corrected chi connectivity index (χ0v) is 13.3. The largest absolute Gasteiger partial charge is 0.412 e. The molecule has 0 aromatic heterocycles. The van der Waals surface area contributed by atoms with Gasteiger partial charge in [-0.3, -0.25) is 0 Å². The van der Waals surface area contributed by atoms with Crippen molar-refractivity contribution in [3.05, 3.63) is 0 Å². The molecule has 0 aromatic rings. The molecule has 0 unspecified atom stereocenters. The molecule has 0 aliphatic carbocycles. The minimum absolute atomic E-state index is 0. The molecule has 0 bridgehead atoms. The predicted octanol–water partition coefficient (Wildman–Crippen LogP) is 0.0998. The summed E-state index contributed by atoms with van der Waals surface area (Å²) < 4.78 is 42.3. The molecule has 17 heteroatoms. The Morgan fingerprint density at radius 3 is 0.471 bits per heavy atom. The SMILES string of the molecule is O.O=PO.O=PO.O=PO.O=PO.O=PO.[V]. The normalized spacial score (nSPS) is 6.18. The molecular weight excluding hydrogens is 382 g/mol. The molecule has 0 amide bonds. The Labute approximate surface area is 115 Å². The molecule has 0 spiro atoms. The first kappa shape index (κ1) is 43.1. The molecule has 1 radical (unpaired) electrons. The van der Waals surface area contributed by atoms with Gasteiger partial charge in [0.1, 0.15) is 0 Å². The van der Waals surface area contributed by atoms with Gasteiger partial charge in [-0.1, -0.05) is 0 Å². The van der Waals surface area contributed by atoms with E-state index in [2.05, 4.69) is 0 Å². The van der Waals surface area contributed by atoms with Crippen LogP contribution in [0.3, 0.4) is 0 Å². The van der Waals surface area contributed by atoms with Gasteiger partial charge in [0.15, 0.2) is 0 Å². The zero-order chi connectivity index (χ0) is 13.5. The summed E-state index contributed by atoms with van der Waals surface area (Å²) in [5, 5.41) is 0. The maximum absolute atomic E-state index is 8.46. The third kappa shape index (κ3) is 5210. The summed E-state index contributed by atoms with van der Waals surface area (Å²) in [4.78, 5) is 34.9. The van der Waals surface area contributed by atoms with Crippen molar-refractivity contribution in [2.75, 3.05) is 0 Å². The van der Waals surface area contributed by atoms with Gasteiger partial charge in [0.2, 0.25) is 0 Å². The summed E-state index contributed by atoms with van der Waals surface area (Å²) >= 11 is 0. The van der Waals surface area contributed by atoms with Crippen molar-refractivity contribution < 1.29 is 71.3 Å². The van der Waals surface area contributed by atoms with Gasteiger partial charge in [0, 0.05) is 18.6 Å². The van der Waals surface area contributed by atoms with E-state index in [0.717, 1.165) is 0 Å². The van der Waals surface area contributed by atoms with Crippen molar-refractivity contribution in [2.45, 2.75) is 0 Å². The van der Waals surface area contributed by atoms with E-state index in [-0.39, 0.29) is 24.0 Å². The summed E-state index contributed by atoms with van der Waals surface area (Å²) in [6.45, 7) is 0. The zero-order valence-electron chi connectivity index (χ0n) is 7.46. The Bertz CT molecular complexity index is 92.2. The fraction of sp³-hybridized carbons (Fsp3) is 0. The first-order chi connectivity index (χ1) is 7.07. The molecule has 0 heterocycles. The monoisotopic (exact) mass is 389 g/mol. The third-order valence-electron chi connectivity index (χ3n) is 0. The van der Waals surface area contributed by atoms with Crippen LogP contribution in [0.2, 0.25) is 0 Å². The minimum atomic E-state index is -0.833. The number of rotatable bonds is 0. The molecule has 17 heavy (non-hydrogen) atoms. The molecule has 103 valence electrons. The van der Waals surface area contributed by atoms with E-state index in [1.165, 1.54) is 0 Å². The van der Waals surface area contributed by atoms with Gasteiger partial charge in [-0.15, -0.1) is 0 Å². The summed E-state index contributed by atoms with van der Waals surface area (Å²) in [6, 6.07) is 0. The fourth-order valence-corrected chi connectivity index (χ4v) is 0. The van der Waals surface area contributed by atoms with Crippen LogP contribution in [0.15, 0.2) is 0 Å². The summed E-state index contributed by atoms with van der Waals surface area (Å²) in [7, 11) is -4.17. The van der Waals surface area contributed by atoms with E-state index in [0.29, 0.717) is 0 Å².